The summed E-state index contributed by atoms with van der Waals surface area (Å²) in [6.07, 6.45) is 0. The third-order valence-corrected chi connectivity index (χ3v) is 5.45. The van der Waals surface area contributed by atoms with Crippen molar-refractivity contribution in [1.29, 1.82) is 0 Å². The van der Waals surface area contributed by atoms with Crippen molar-refractivity contribution in [3.63, 3.8) is 0 Å². The molecule has 3 aromatic carbocycles. The number of thioether (sulfide) groups is 1. The summed E-state index contributed by atoms with van der Waals surface area (Å²) in [4.78, 5) is 23.7. The molecule has 0 spiro atoms. The van der Waals surface area contributed by atoms with Gasteiger partial charge < -0.3 is 10.6 Å². The summed E-state index contributed by atoms with van der Waals surface area (Å²) in [5, 5.41) is 5.19. The largest absolute Gasteiger partial charge is 0.325 e. The maximum absolute atomic E-state index is 13.8. The van der Waals surface area contributed by atoms with E-state index in [-0.39, 0.29) is 28.5 Å². The highest BCUT2D eigenvalue weighted by Crippen LogP contribution is 2.35. The Hall–Kier alpha value is -3.12. The van der Waals surface area contributed by atoms with Gasteiger partial charge in [-0.25, -0.2) is 4.39 Å². The summed E-state index contributed by atoms with van der Waals surface area (Å²) in [7, 11) is 0. The highest BCUT2D eigenvalue weighted by molar-refractivity contribution is 8.00. The van der Waals surface area contributed by atoms with Crippen LogP contribution in [0.1, 0.15) is 23.3 Å². The molecule has 0 bridgehead atoms. The third-order valence-electron chi connectivity index (χ3n) is 4.15. The number of hydrogen-bond acceptors (Lipinski definition) is 3. The Morgan fingerprint density at radius 2 is 1.48 bits per heavy atom. The van der Waals surface area contributed by atoms with Gasteiger partial charge in [0.2, 0.25) is 11.8 Å². The summed E-state index contributed by atoms with van der Waals surface area (Å²) in [6.45, 7) is 1.30. The van der Waals surface area contributed by atoms with E-state index >= 15 is 0 Å². The SMILES string of the molecule is CC(=O)Nc1cc(NC(=O)CSC(c2ccccc2)c2ccccc2)ccc1F. The van der Waals surface area contributed by atoms with Crippen LogP contribution >= 0.6 is 11.8 Å². The van der Waals surface area contributed by atoms with E-state index in [1.54, 1.807) is 0 Å². The first-order valence-corrected chi connectivity index (χ1v) is 10.2. The number of hydrogen-bond donors (Lipinski definition) is 2. The lowest BCUT2D eigenvalue weighted by Crippen LogP contribution is -2.16. The molecule has 0 saturated heterocycles. The van der Waals surface area contributed by atoms with E-state index in [0.717, 1.165) is 11.1 Å². The average molecular weight is 408 g/mol. The van der Waals surface area contributed by atoms with E-state index < -0.39 is 5.82 Å². The zero-order chi connectivity index (χ0) is 20.6. The van der Waals surface area contributed by atoms with Gasteiger partial charge in [0.25, 0.3) is 0 Å². The Morgan fingerprint density at radius 1 is 0.897 bits per heavy atom. The Labute approximate surface area is 173 Å². The number of carbonyl (C=O) groups is 2. The molecule has 0 unspecified atom stereocenters. The van der Waals surface area contributed by atoms with Crippen LogP contribution in [0.5, 0.6) is 0 Å². The lowest BCUT2D eigenvalue weighted by atomic mass is 10.0. The molecule has 0 aliphatic heterocycles. The normalized spacial score (nSPS) is 10.6. The van der Waals surface area contributed by atoms with E-state index in [2.05, 4.69) is 10.6 Å². The van der Waals surface area contributed by atoms with E-state index in [1.807, 2.05) is 60.7 Å². The van der Waals surface area contributed by atoms with E-state index in [1.165, 1.54) is 36.9 Å². The smallest absolute Gasteiger partial charge is 0.234 e. The van der Waals surface area contributed by atoms with Crippen molar-refractivity contribution >= 4 is 35.0 Å². The first kappa shape index (κ1) is 20.6. The second-order valence-electron chi connectivity index (χ2n) is 6.44. The Morgan fingerprint density at radius 3 is 2.03 bits per heavy atom. The fourth-order valence-corrected chi connectivity index (χ4v) is 3.97. The van der Waals surface area contributed by atoms with Crippen LogP contribution in [-0.2, 0) is 9.59 Å². The molecule has 0 heterocycles. The van der Waals surface area contributed by atoms with Gasteiger partial charge in [-0.1, -0.05) is 60.7 Å². The number of nitrogens with one attached hydrogen (secondary N) is 2. The molecule has 0 radical (unpaired) electrons. The molecule has 2 amide bonds. The van der Waals surface area contributed by atoms with Crippen molar-refractivity contribution in [3.05, 3.63) is 95.8 Å². The standard InChI is InChI=1S/C23H21FN2O2S/c1-16(27)25-21-14-19(12-13-20(21)24)26-22(28)15-29-23(17-8-4-2-5-9-17)18-10-6-3-7-11-18/h2-14,23H,15H2,1H3,(H,25,27)(H,26,28). The molecular formula is C23H21FN2O2S. The Kier molecular flexibility index (Phi) is 7.03. The first-order valence-electron chi connectivity index (χ1n) is 9.11. The minimum atomic E-state index is -0.555. The molecule has 0 aliphatic rings. The molecule has 0 aromatic heterocycles. The van der Waals surface area contributed by atoms with Crippen molar-refractivity contribution in [2.75, 3.05) is 16.4 Å². The third kappa shape index (κ3) is 5.93. The summed E-state index contributed by atoms with van der Waals surface area (Å²) in [5.74, 6) is -0.911. The first-order chi connectivity index (χ1) is 14.0. The fraction of sp³-hybridized carbons (Fsp3) is 0.130. The molecule has 0 saturated carbocycles. The maximum atomic E-state index is 13.8. The molecule has 0 aliphatic carbocycles. The maximum Gasteiger partial charge on any atom is 0.234 e. The predicted octanol–water partition coefficient (Wildman–Crippen LogP) is 5.25. The molecule has 29 heavy (non-hydrogen) atoms. The van der Waals surface area contributed by atoms with E-state index in [9.17, 15) is 14.0 Å². The number of benzene rings is 3. The van der Waals surface area contributed by atoms with Gasteiger partial charge in [-0.05, 0) is 29.3 Å². The van der Waals surface area contributed by atoms with E-state index in [0.29, 0.717) is 5.69 Å². The number of rotatable bonds is 7. The number of carbonyl (C=O) groups excluding carboxylic acids is 2. The fourth-order valence-electron chi connectivity index (χ4n) is 2.89. The lowest BCUT2D eigenvalue weighted by Gasteiger charge is -2.17. The van der Waals surface area contributed by atoms with Crippen molar-refractivity contribution < 1.29 is 14.0 Å². The minimum absolute atomic E-state index is 0.0197. The van der Waals surface area contributed by atoms with Gasteiger partial charge in [0.1, 0.15) is 5.82 Å². The van der Waals surface area contributed by atoms with Gasteiger partial charge in [-0.2, -0.15) is 0 Å². The predicted molar refractivity (Wildman–Crippen MR) is 117 cm³/mol. The van der Waals surface area contributed by atoms with Crippen molar-refractivity contribution in [3.8, 4) is 0 Å². The highest BCUT2D eigenvalue weighted by atomic mass is 32.2. The molecule has 3 aromatic rings. The number of halogens is 1. The van der Waals surface area contributed by atoms with Gasteiger partial charge in [0, 0.05) is 12.6 Å². The van der Waals surface area contributed by atoms with Crippen molar-refractivity contribution in [2.45, 2.75) is 12.2 Å². The molecule has 2 N–H and O–H groups in total. The summed E-state index contributed by atoms with van der Waals surface area (Å²) >= 11 is 1.52. The van der Waals surface area contributed by atoms with Crippen LogP contribution in [0.4, 0.5) is 15.8 Å². The van der Waals surface area contributed by atoms with Crippen LogP contribution in [0, 0.1) is 5.82 Å². The van der Waals surface area contributed by atoms with Gasteiger partial charge in [-0.3, -0.25) is 9.59 Å². The average Bonchev–Trinajstić information content (AvgIpc) is 2.72. The van der Waals surface area contributed by atoms with Crippen LogP contribution in [-0.4, -0.2) is 17.6 Å². The van der Waals surface area contributed by atoms with Gasteiger partial charge >= 0.3 is 0 Å². The molecule has 0 fully saturated rings. The number of anilines is 2. The zero-order valence-electron chi connectivity index (χ0n) is 15.9. The zero-order valence-corrected chi connectivity index (χ0v) is 16.7. The molecule has 148 valence electrons. The van der Waals surface area contributed by atoms with Crippen molar-refractivity contribution in [1.82, 2.24) is 0 Å². The van der Waals surface area contributed by atoms with Crippen LogP contribution in [0.3, 0.4) is 0 Å². The Bertz CT molecular complexity index is 941. The van der Waals surface area contributed by atoms with E-state index in [4.69, 9.17) is 0 Å². The van der Waals surface area contributed by atoms with Gasteiger partial charge in [-0.15, -0.1) is 11.8 Å². The molecule has 0 atom stereocenters. The van der Waals surface area contributed by atoms with Gasteiger partial charge in [0.05, 0.1) is 16.7 Å². The second-order valence-corrected chi connectivity index (χ2v) is 7.53. The van der Waals surface area contributed by atoms with Crippen LogP contribution in [0.25, 0.3) is 0 Å². The second kappa shape index (κ2) is 9.89. The number of amides is 2. The lowest BCUT2D eigenvalue weighted by molar-refractivity contribution is -0.114. The van der Waals surface area contributed by atoms with Gasteiger partial charge in [0.15, 0.2) is 0 Å². The molecular weight excluding hydrogens is 387 g/mol. The molecule has 4 nitrogen and oxygen atoms in total. The summed E-state index contributed by atoms with van der Waals surface area (Å²) in [5.41, 5.74) is 2.70. The monoisotopic (exact) mass is 408 g/mol. The molecule has 6 heteroatoms. The van der Waals surface area contributed by atoms with Crippen LogP contribution in [0.2, 0.25) is 0 Å². The Balaban J connectivity index is 1.69. The summed E-state index contributed by atoms with van der Waals surface area (Å²) < 4.78 is 13.8. The van der Waals surface area contributed by atoms with Crippen LogP contribution in [0.15, 0.2) is 78.9 Å². The topological polar surface area (TPSA) is 58.2 Å². The molecule has 3 rings (SSSR count). The quantitative estimate of drug-likeness (QED) is 0.562. The minimum Gasteiger partial charge on any atom is -0.325 e. The summed E-state index contributed by atoms with van der Waals surface area (Å²) in [6, 6.07) is 24.1. The highest BCUT2D eigenvalue weighted by Gasteiger charge is 2.16. The van der Waals surface area contributed by atoms with Crippen molar-refractivity contribution in [2.24, 2.45) is 0 Å². The van der Waals surface area contributed by atoms with Crippen LogP contribution < -0.4 is 10.6 Å².